The maximum atomic E-state index is 11.7. The number of carbonyl (C=O) groups is 2. The average Bonchev–Trinajstić information content (AvgIpc) is 2.40. The van der Waals surface area contributed by atoms with Gasteiger partial charge in [0.2, 0.25) is 0 Å². The minimum atomic E-state index is -0.810. The Morgan fingerprint density at radius 2 is 1.95 bits per heavy atom. The Kier molecular flexibility index (Phi) is 7.13. The van der Waals surface area contributed by atoms with Crippen molar-refractivity contribution in [3.8, 4) is 0 Å². The number of amides is 2. The Morgan fingerprint density at radius 1 is 1.20 bits per heavy atom. The molecule has 0 saturated carbocycles. The molecule has 6 heteroatoms. The summed E-state index contributed by atoms with van der Waals surface area (Å²) < 4.78 is 0. The molecule has 0 aliphatic heterocycles. The van der Waals surface area contributed by atoms with E-state index in [2.05, 4.69) is 16.0 Å². The van der Waals surface area contributed by atoms with Gasteiger partial charge >= 0.3 is 12.0 Å². The van der Waals surface area contributed by atoms with E-state index in [9.17, 15) is 9.59 Å². The van der Waals surface area contributed by atoms with Gasteiger partial charge < -0.3 is 21.1 Å². The summed E-state index contributed by atoms with van der Waals surface area (Å²) in [5.74, 6) is -0.810. The van der Waals surface area contributed by atoms with Gasteiger partial charge in [-0.1, -0.05) is 18.2 Å². The molecule has 1 rings (SSSR count). The zero-order valence-electron chi connectivity index (χ0n) is 11.6. The summed E-state index contributed by atoms with van der Waals surface area (Å²) in [5, 5.41) is 17.0. The Bertz CT molecular complexity index is 449. The number of hydrogen-bond acceptors (Lipinski definition) is 3. The highest BCUT2D eigenvalue weighted by atomic mass is 16.4. The normalized spacial score (nSPS) is 10.1. The first-order valence-electron chi connectivity index (χ1n) is 6.62. The number of urea groups is 1. The minimum Gasteiger partial charge on any atom is -0.481 e. The van der Waals surface area contributed by atoms with Crippen molar-refractivity contribution >= 4 is 17.7 Å². The lowest BCUT2D eigenvalue weighted by atomic mass is 10.2. The molecule has 20 heavy (non-hydrogen) atoms. The second kappa shape index (κ2) is 8.92. The van der Waals surface area contributed by atoms with Crippen LogP contribution in [0.4, 0.5) is 10.5 Å². The zero-order valence-corrected chi connectivity index (χ0v) is 11.6. The van der Waals surface area contributed by atoms with Crippen LogP contribution in [-0.4, -0.2) is 30.7 Å². The average molecular weight is 279 g/mol. The van der Waals surface area contributed by atoms with Crippen LogP contribution in [0.25, 0.3) is 0 Å². The van der Waals surface area contributed by atoms with Crippen LogP contribution in [0.5, 0.6) is 0 Å². The number of nitrogens with one attached hydrogen (secondary N) is 3. The van der Waals surface area contributed by atoms with Gasteiger partial charge in [-0.3, -0.25) is 4.79 Å². The first-order valence-corrected chi connectivity index (χ1v) is 6.62. The van der Waals surface area contributed by atoms with Crippen molar-refractivity contribution in [2.45, 2.75) is 25.8 Å². The molecular formula is C14H21N3O3. The van der Waals surface area contributed by atoms with Crippen molar-refractivity contribution in [3.63, 3.8) is 0 Å². The van der Waals surface area contributed by atoms with E-state index in [1.165, 1.54) is 0 Å². The third-order valence-corrected chi connectivity index (χ3v) is 2.74. The fraction of sp³-hybridized carbons (Fsp3) is 0.429. The third-order valence-electron chi connectivity index (χ3n) is 2.74. The second-order valence-corrected chi connectivity index (χ2v) is 4.42. The SMILES string of the molecule is CNCc1ccccc1NC(=O)NCCCCC(=O)O. The Morgan fingerprint density at radius 3 is 2.65 bits per heavy atom. The van der Waals surface area contributed by atoms with Crippen molar-refractivity contribution in [1.29, 1.82) is 0 Å². The summed E-state index contributed by atoms with van der Waals surface area (Å²) in [7, 11) is 1.85. The Balaban J connectivity index is 2.33. The maximum absolute atomic E-state index is 11.7. The molecule has 6 nitrogen and oxygen atoms in total. The van der Waals surface area contributed by atoms with Crippen LogP contribution in [0, 0.1) is 0 Å². The topological polar surface area (TPSA) is 90.5 Å². The van der Waals surface area contributed by atoms with Gasteiger partial charge in [-0.05, 0) is 31.5 Å². The van der Waals surface area contributed by atoms with Crippen LogP contribution < -0.4 is 16.0 Å². The zero-order chi connectivity index (χ0) is 14.8. The quantitative estimate of drug-likeness (QED) is 0.546. The van der Waals surface area contributed by atoms with Gasteiger partial charge in [-0.15, -0.1) is 0 Å². The second-order valence-electron chi connectivity index (χ2n) is 4.42. The lowest BCUT2D eigenvalue weighted by Gasteiger charge is -2.11. The summed E-state index contributed by atoms with van der Waals surface area (Å²) in [6, 6.07) is 7.29. The molecule has 0 heterocycles. The van der Waals surface area contributed by atoms with Gasteiger partial charge in [-0.2, -0.15) is 0 Å². The van der Waals surface area contributed by atoms with E-state index in [1.807, 2.05) is 31.3 Å². The van der Waals surface area contributed by atoms with E-state index in [-0.39, 0.29) is 12.5 Å². The molecule has 0 radical (unpaired) electrons. The van der Waals surface area contributed by atoms with Crippen molar-refractivity contribution in [2.75, 3.05) is 18.9 Å². The highest BCUT2D eigenvalue weighted by molar-refractivity contribution is 5.90. The standard InChI is InChI=1S/C14H21N3O3/c1-15-10-11-6-2-3-7-12(11)17-14(20)16-9-5-4-8-13(18)19/h2-3,6-7,15H,4-5,8-10H2,1H3,(H,18,19)(H2,16,17,20). The molecule has 0 aliphatic rings. The summed E-state index contributed by atoms with van der Waals surface area (Å²) in [6.07, 6.45) is 1.35. The van der Waals surface area contributed by atoms with Gasteiger partial charge in [0.15, 0.2) is 0 Å². The molecule has 4 N–H and O–H groups in total. The van der Waals surface area contributed by atoms with Crippen molar-refractivity contribution in [3.05, 3.63) is 29.8 Å². The lowest BCUT2D eigenvalue weighted by Crippen LogP contribution is -2.30. The van der Waals surface area contributed by atoms with Crippen molar-refractivity contribution in [1.82, 2.24) is 10.6 Å². The predicted octanol–water partition coefficient (Wildman–Crippen LogP) is 1.78. The van der Waals surface area contributed by atoms with E-state index in [0.29, 0.717) is 25.9 Å². The monoisotopic (exact) mass is 279 g/mol. The summed E-state index contributed by atoms with van der Waals surface area (Å²) in [6.45, 7) is 1.14. The largest absolute Gasteiger partial charge is 0.481 e. The molecule has 2 amide bonds. The first kappa shape index (κ1) is 16.0. The maximum Gasteiger partial charge on any atom is 0.319 e. The molecule has 110 valence electrons. The molecule has 0 unspecified atom stereocenters. The highest BCUT2D eigenvalue weighted by Crippen LogP contribution is 2.14. The molecule has 1 aromatic carbocycles. The number of carboxylic acids is 1. The first-order chi connectivity index (χ1) is 9.63. The number of unbranched alkanes of at least 4 members (excludes halogenated alkanes) is 1. The van der Waals surface area contributed by atoms with Crippen LogP contribution in [0.15, 0.2) is 24.3 Å². The Hall–Kier alpha value is -2.08. The fourth-order valence-electron chi connectivity index (χ4n) is 1.76. The van der Waals surface area contributed by atoms with Gasteiger partial charge in [-0.25, -0.2) is 4.79 Å². The molecule has 0 bridgehead atoms. The van der Waals surface area contributed by atoms with Crippen molar-refractivity contribution < 1.29 is 14.7 Å². The van der Waals surface area contributed by atoms with Gasteiger partial charge in [0.25, 0.3) is 0 Å². The summed E-state index contributed by atoms with van der Waals surface area (Å²) >= 11 is 0. The number of para-hydroxylation sites is 1. The van der Waals surface area contributed by atoms with E-state index < -0.39 is 5.97 Å². The smallest absolute Gasteiger partial charge is 0.319 e. The molecule has 1 aromatic rings. The van der Waals surface area contributed by atoms with Gasteiger partial charge in [0, 0.05) is 25.2 Å². The number of hydrogen-bond donors (Lipinski definition) is 4. The fourth-order valence-corrected chi connectivity index (χ4v) is 1.76. The molecule has 0 aliphatic carbocycles. The Labute approximate surface area is 118 Å². The summed E-state index contributed by atoms with van der Waals surface area (Å²) in [5.41, 5.74) is 1.78. The number of aliphatic carboxylic acids is 1. The predicted molar refractivity (Wildman–Crippen MR) is 77.7 cm³/mol. The highest BCUT2D eigenvalue weighted by Gasteiger charge is 2.05. The van der Waals surface area contributed by atoms with E-state index in [0.717, 1.165) is 11.3 Å². The molecule has 0 spiro atoms. The van der Waals surface area contributed by atoms with Crippen LogP contribution in [0.3, 0.4) is 0 Å². The number of anilines is 1. The minimum absolute atomic E-state index is 0.133. The van der Waals surface area contributed by atoms with Crippen LogP contribution in [0.2, 0.25) is 0 Å². The van der Waals surface area contributed by atoms with E-state index >= 15 is 0 Å². The van der Waals surface area contributed by atoms with Crippen LogP contribution in [-0.2, 0) is 11.3 Å². The van der Waals surface area contributed by atoms with Crippen LogP contribution >= 0.6 is 0 Å². The van der Waals surface area contributed by atoms with E-state index in [1.54, 1.807) is 0 Å². The van der Waals surface area contributed by atoms with Crippen LogP contribution in [0.1, 0.15) is 24.8 Å². The van der Waals surface area contributed by atoms with E-state index in [4.69, 9.17) is 5.11 Å². The molecule has 0 fully saturated rings. The number of benzene rings is 1. The molecule has 0 aromatic heterocycles. The lowest BCUT2D eigenvalue weighted by molar-refractivity contribution is -0.137. The number of carbonyl (C=O) groups excluding carboxylic acids is 1. The number of rotatable bonds is 8. The van der Waals surface area contributed by atoms with Crippen molar-refractivity contribution in [2.24, 2.45) is 0 Å². The van der Waals surface area contributed by atoms with Gasteiger partial charge in [0.05, 0.1) is 0 Å². The third kappa shape index (κ3) is 6.19. The van der Waals surface area contributed by atoms with Gasteiger partial charge in [0.1, 0.15) is 0 Å². The molecule has 0 atom stereocenters. The molecule has 0 saturated heterocycles. The number of carboxylic acid groups (broad SMARTS) is 1. The summed E-state index contributed by atoms with van der Waals surface area (Å²) in [4.78, 5) is 22.0. The molecular weight excluding hydrogens is 258 g/mol.